The van der Waals surface area contributed by atoms with E-state index in [1.807, 2.05) is 24.3 Å². The molecular weight excluding hydrogens is 348 g/mol. The number of ether oxygens (including phenoxy) is 2. The Balaban J connectivity index is 1.71. The van der Waals surface area contributed by atoms with Gasteiger partial charge in [0.1, 0.15) is 11.3 Å². The molecule has 1 heterocycles. The molecule has 0 aliphatic rings. The van der Waals surface area contributed by atoms with E-state index in [1.165, 1.54) is 7.11 Å². The van der Waals surface area contributed by atoms with Crippen molar-refractivity contribution < 1.29 is 23.5 Å². The standard InChI is InChI=1S/C20H20N2O5/c1-25-15-6-3-5-14(11-15)20-22-16-9-8-13(12-17(16)27-20)19(24)21-10-4-7-18(23)26-2/h3,5-6,8-9,11-12H,4,7,10H2,1-2H3,(H,21,24). The quantitative estimate of drug-likeness (QED) is 0.509. The Morgan fingerprint density at radius 1 is 1.15 bits per heavy atom. The van der Waals surface area contributed by atoms with Crippen LogP contribution in [0, 0.1) is 0 Å². The van der Waals surface area contributed by atoms with Crippen molar-refractivity contribution in [1.82, 2.24) is 10.3 Å². The molecule has 0 saturated heterocycles. The van der Waals surface area contributed by atoms with Crippen molar-refractivity contribution in [3.63, 3.8) is 0 Å². The van der Waals surface area contributed by atoms with Gasteiger partial charge in [0.2, 0.25) is 5.89 Å². The number of nitrogens with zero attached hydrogens (tertiary/aromatic N) is 1. The van der Waals surface area contributed by atoms with Gasteiger partial charge in [0, 0.05) is 24.1 Å². The fourth-order valence-electron chi connectivity index (χ4n) is 2.58. The predicted molar refractivity (Wildman–Crippen MR) is 99.6 cm³/mol. The molecule has 0 radical (unpaired) electrons. The number of fused-ring (bicyclic) bond motifs is 1. The summed E-state index contributed by atoms with van der Waals surface area (Å²) in [6.45, 7) is 0.386. The van der Waals surface area contributed by atoms with E-state index in [9.17, 15) is 9.59 Å². The van der Waals surface area contributed by atoms with Crippen molar-refractivity contribution in [2.24, 2.45) is 0 Å². The van der Waals surface area contributed by atoms with Gasteiger partial charge in [-0.2, -0.15) is 0 Å². The van der Waals surface area contributed by atoms with Crippen molar-refractivity contribution in [2.75, 3.05) is 20.8 Å². The maximum absolute atomic E-state index is 12.3. The number of carbonyl (C=O) groups is 2. The highest BCUT2D eigenvalue weighted by Crippen LogP contribution is 2.27. The molecule has 0 unspecified atom stereocenters. The third kappa shape index (κ3) is 4.44. The van der Waals surface area contributed by atoms with E-state index in [4.69, 9.17) is 9.15 Å². The van der Waals surface area contributed by atoms with Crippen molar-refractivity contribution in [3.05, 3.63) is 48.0 Å². The van der Waals surface area contributed by atoms with Gasteiger partial charge in [0.15, 0.2) is 5.58 Å². The largest absolute Gasteiger partial charge is 0.497 e. The second kappa shape index (κ2) is 8.35. The Morgan fingerprint density at radius 3 is 2.78 bits per heavy atom. The maximum atomic E-state index is 12.3. The molecule has 0 aliphatic carbocycles. The summed E-state index contributed by atoms with van der Waals surface area (Å²) in [5.74, 6) is 0.639. The molecule has 1 aromatic heterocycles. The number of amides is 1. The summed E-state index contributed by atoms with van der Waals surface area (Å²) >= 11 is 0. The van der Waals surface area contributed by atoms with Gasteiger partial charge in [-0.3, -0.25) is 9.59 Å². The molecule has 7 heteroatoms. The lowest BCUT2D eigenvalue weighted by molar-refractivity contribution is -0.140. The van der Waals surface area contributed by atoms with Gasteiger partial charge in [0.05, 0.1) is 14.2 Å². The van der Waals surface area contributed by atoms with Gasteiger partial charge in [-0.25, -0.2) is 4.98 Å². The highest BCUT2D eigenvalue weighted by Gasteiger charge is 2.12. The van der Waals surface area contributed by atoms with Crippen LogP contribution in [0.5, 0.6) is 5.75 Å². The summed E-state index contributed by atoms with van der Waals surface area (Å²) in [4.78, 5) is 27.8. The van der Waals surface area contributed by atoms with Crippen LogP contribution in [0.1, 0.15) is 23.2 Å². The number of hydrogen-bond donors (Lipinski definition) is 1. The van der Waals surface area contributed by atoms with Crippen LogP contribution in [-0.2, 0) is 9.53 Å². The lowest BCUT2D eigenvalue weighted by Crippen LogP contribution is -2.24. The number of methoxy groups -OCH3 is 2. The molecule has 7 nitrogen and oxygen atoms in total. The Labute approximate surface area is 156 Å². The topological polar surface area (TPSA) is 90.7 Å². The Hall–Kier alpha value is -3.35. The van der Waals surface area contributed by atoms with E-state index in [1.54, 1.807) is 25.3 Å². The van der Waals surface area contributed by atoms with Crippen molar-refractivity contribution in [2.45, 2.75) is 12.8 Å². The van der Waals surface area contributed by atoms with E-state index < -0.39 is 0 Å². The first kappa shape index (κ1) is 18.4. The summed E-state index contributed by atoms with van der Waals surface area (Å²) in [7, 11) is 2.94. The average molecular weight is 368 g/mol. The lowest BCUT2D eigenvalue weighted by Gasteiger charge is -2.04. The second-order valence-corrected chi connectivity index (χ2v) is 5.87. The zero-order valence-corrected chi connectivity index (χ0v) is 15.2. The Kier molecular flexibility index (Phi) is 5.71. The molecule has 0 atom stereocenters. The minimum absolute atomic E-state index is 0.235. The summed E-state index contributed by atoms with van der Waals surface area (Å²) in [5, 5.41) is 2.77. The third-order valence-corrected chi connectivity index (χ3v) is 4.04. The van der Waals surface area contributed by atoms with Gasteiger partial charge < -0.3 is 19.2 Å². The maximum Gasteiger partial charge on any atom is 0.305 e. The van der Waals surface area contributed by atoms with E-state index in [-0.39, 0.29) is 18.3 Å². The fraction of sp³-hybridized carbons (Fsp3) is 0.250. The highest BCUT2D eigenvalue weighted by molar-refractivity contribution is 5.97. The molecule has 3 aromatic rings. The smallest absolute Gasteiger partial charge is 0.305 e. The first-order valence-electron chi connectivity index (χ1n) is 8.50. The van der Waals surface area contributed by atoms with Crippen LogP contribution in [0.3, 0.4) is 0 Å². The van der Waals surface area contributed by atoms with E-state index >= 15 is 0 Å². The molecule has 2 aromatic carbocycles. The first-order chi connectivity index (χ1) is 13.1. The number of carbonyl (C=O) groups excluding carboxylic acids is 2. The van der Waals surface area contributed by atoms with E-state index in [0.29, 0.717) is 41.3 Å². The zero-order valence-electron chi connectivity index (χ0n) is 15.2. The number of rotatable bonds is 7. The predicted octanol–water partition coefficient (Wildman–Crippen LogP) is 3.19. The monoisotopic (exact) mass is 368 g/mol. The van der Waals surface area contributed by atoms with Crippen LogP contribution in [0.15, 0.2) is 46.9 Å². The van der Waals surface area contributed by atoms with Crippen LogP contribution in [0.25, 0.3) is 22.6 Å². The summed E-state index contributed by atoms with van der Waals surface area (Å²) in [6.07, 6.45) is 0.783. The SMILES string of the molecule is COC(=O)CCCNC(=O)c1ccc2nc(-c3cccc(OC)c3)oc2c1. The molecule has 1 N–H and O–H groups in total. The van der Waals surface area contributed by atoms with E-state index in [2.05, 4.69) is 15.0 Å². The minimum Gasteiger partial charge on any atom is -0.497 e. The summed E-state index contributed by atoms with van der Waals surface area (Å²) in [5.41, 5.74) is 2.44. The fourth-order valence-corrected chi connectivity index (χ4v) is 2.58. The molecule has 3 rings (SSSR count). The molecule has 0 fully saturated rings. The number of hydrogen-bond acceptors (Lipinski definition) is 6. The van der Waals surface area contributed by atoms with Crippen LogP contribution in [-0.4, -0.2) is 37.6 Å². The van der Waals surface area contributed by atoms with Crippen LogP contribution in [0.4, 0.5) is 0 Å². The molecular formula is C20H20N2O5. The average Bonchev–Trinajstić information content (AvgIpc) is 3.14. The van der Waals surface area contributed by atoms with Crippen molar-refractivity contribution in [3.8, 4) is 17.2 Å². The molecule has 0 bridgehead atoms. The minimum atomic E-state index is -0.294. The third-order valence-electron chi connectivity index (χ3n) is 4.04. The van der Waals surface area contributed by atoms with Crippen LogP contribution in [0.2, 0.25) is 0 Å². The van der Waals surface area contributed by atoms with Crippen LogP contribution >= 0.6 is 0 Å². The number of aromatic nitrogens is 1. The Morgan fingerprint density at radius 2 is 2.00 bits per heavy atom. The number of esters is 1. The molecule has 1 amide bonds. The molecule has 140 valence electrons. The van der Waals surface area contributed by atoms with Gasteiger partial charge in [0.25, 0.3) is 5.91 Å². The van der Waals surface area contributed by atoms with Crippen molar-refractivity contribution >= 4 is 23.0 Å². The van der Waals surface area contributed by atoms with Gasteiger partial charge in [-0.1, -0.05) is 6.07 Å². The van der Waals surface area contributed by atoms with Gasteiger partial charge in [-0.15, -0.1) is 0 Å². The molecule has 27 heavy (non-hydrogen) atoms. The molecule has 0 spiro atoms. The normalized spacial score (nSPS) is 10.6. The van der Waals surface area contributed by atoms with Gasteiger partial charge in [-0.05, 0) is 42.8 Å². The Bertz CT molecular complexity index is 964. The molecule has 0 saturated carbocycles. The summed E-state index contributed by atoms with van der Waals surface area (Å²) < 4.78 is 15.6. The number of oxazole rings is 1. The number of benzene rings is 2. The first-order valence-corrected chi connectivity index (χ1v) is 8.50. The van der Waals surface area contributed by atoms with Crippen LogP contribution < -0.4 is 10.1 Å². The highest BCUT2D eigenvalue weighted by atomic mass is 16.5. The summed E-state index contributed by atoms with van der Waals surface area (Å²) in [6, 6.07) is 12.5. The lowest BCUT2D eigenvalue weighted by atomic mass is 10.2. The van der Waals surface area contributed by atoms with Gasteiger partial charge >= 0.3 is 5.97 Å². The molecule has 0 aliphatic heterocycles. The van der Waals surface area contributed by atoms with Crippen molar-refractivity contribution in [1.29, 1.82) is 0 Å². The van der Waals surface area contributed by atoms with E-state index in [0.717, 1.165) is 5.56 Å². The number of nitrogens with one attached hydrogen (secondary N) is 1. The zero-order chi connectivity index (χ0) is 19.2. The second-order valence-electron chi connectivity index (χ2n) is 5.87.